The lowest BCUT2D eigenvalue weighted by molar-refractivity contribution is 0.0689. The number of carboxylic acid groups (broad SMARTS) is 1. The van der Waals surface area contributed by atoms with Gasteiger partial charge < -0.3 is 10.1 Å². The number of hydrogen-bond acceptors (Lipinski definition) is 2. The van der Waals surface area contributed by atoms with Gasteiger partial charge in [-0.25, -0.2) is 4.79 Å². The molecule has 0 amide bonds. The molecule has 0 radical (unpaired) electrons. The third-order valence-electron chi connectivity index (χ3n) is 2.57. The van der Waals surface area contributed by atoms with E-state index in [9.17, 15) is 4.79 Å². The minimum atomic E-state index is -0.964. The van der Waals surface area contributed by atoms with E-state index < -0.39 is 5.97 Å². The summed E-state index contributed by atoms with van der Waals surface area (Å²) < 4.78 is 0.634. The number of para-hydroxylation sites is 1. The normalized spacial score (nSPS) is 10.6. The van der Waals surface area contributed by atoms with Crippen molar-refractivity contribution >= 4 is 29.1 Å². The van der Waals surface area contributed by atoms with Crippen LogP contribution < -0.4 is 0 Å². The molecule has 0 atom stereocenters. The van der Waals surface area contributed by atoms with Crippen LogP contribution in [0.1, 0.15) is 23.0 Å². The number of carboxylic acids is 1. The van der Waals surface area contributed by atoms with Crippen LogP contribution in [0.2, 0.25) is 0 Å². The Labute approximate surface area is 97.7 Å². The molecule has 2 aromatic rings. The van der Waals surface area contributed by atoms with Crippen molar-refractivity contribution in [2.75, 3.05) is 0 Å². The van der Waals surface area contributed by atoms with Crippen molar-refractivity contribution < 1.29 is 9.90 Å². The second kappa shape index (κ2) is 4.06. The Balaban J connectivity index is 2.93. The molecule has 0 unspecified atom stereocenters. The highest BCUT2D eigenvalue weighted by Crippen LogP contribution is 2.20. The summed E-state index contributed by atoms with van der Waals surface area (Å²) in [5, 5.41) is 10.0. The van der Waals surface area contributed by atoms with Crippen molar-refractivity contribution in [1.82, 2.24) is 4.98 Å². The molecular weight excluding hydrogens is 222 g/mol. The molecule has 0 aliphatic carbocycles. The molecule has 1 heterocycles. The minimum Gasteiger partial charge on any atom is -0.477 e. The number of carbonyl (C=O) groups is 1. The van der Waals surface area contributed by atoms with Crippen LogP contribution in [-0.4, -0.2) is 16.1 Å². The van der Waals surface area contributed by atoms with E-state index in [0.29, 0.717) is 16.5 Å². The third-order valence-corrected chi connectivity index (χ3v) is 3.04. The van der Waals surface area contributed by atoms with Gasteiger partial charge in [-0.15, -0.1) is 0 Å². The highest BCUT2D eigenvalue weighted by Gasteiger charge is 2.12. The summed E-state index contributed by atoms with van der Waals surface area (Å²) in [6.45, 7) is 1.90. The number of pyridine rings is 1. The van der Waals surface area contributed by atoms with Gasteiger partial charge in [-0.1, -0.05) is 37.3 Å². The molecule has 0 saturated heterocycles. The van der Waals surface area contributed by atoms with E-state index in [4.69, 9.17) is 17.3 Å². The summed E-state index contributed by atoms with van der Waals surface area (Å²) in [6.07, 6.45) is 0.613. The van der Waals surface area contributed by atoms with Gasteiger partial charge in [0.1, 0.15) is 5.69 Å². The van der Waals surface area contributed by atoms with Gasteiger partial charge in [-0.05, 0) is 12.5 Å². The third kappa shape index (κ3) is 1.61. The minimum absolute atomic E-state index is 0.200. The van der Waals surface area contributed by atoms with E-state index in [1.807, 2.05) is 31.2 Å². The number of aromatic amines is 1. The smallest absolute Gasteiger partial charge is 0.352 e. The van der Waals surface area contributed by atoms with E-state index in [0.717, 1.165) is 10.9 Å². The van der Waals surface area contributed by atoms with Crippen LogP contribution in [0.4, 0.5) is 0 Å². The lowest BCUT2D eigenvalue weighted by Crippen LogP contribution is -2.06. The molecule has 0 bridgehead atoms. The van der Waals surface area contributed by atoms with Crippen molar-refractivity contribution in [2.24, 2.45) is 0 Å². The van der Waals surface area contributed by atoms with E-state index in [-0.39, 0.29) is 5.69 Å². The van der Waals surface area contributed by atoms with Gasteiger partial charge in [0.2, 0.25) is 0 Å². The van der Waals surface area contributed by atoms with Gasteiger partial charge in [-0.2, -0.15) is 0 Å². The molecule has 4 heteroatoms. The van der Waals surface area contributed by atoms with Gasteiger partial charge in [0, 0.05) is 16.5 Å². The molecule has 3 nitrogen and oxygen atoms in total. The maximum Gasteiger partial charge on any atom is 0.352 e. The number of aromatic nitrogens is 1. The first-order valence-electron chi connectivity index (χ1n) is 5.02. The Kier molecular flexibility index (Phi) is 2.75. The fourth-order valence-electron chi connectivity index (χ4n) is 1.80. The van der Waals surface area contributed by atoms with Crippen molar-refractivity contribution in [3.63, 3.8) is 0 Å². The largest absolute Gasteiger partial charge is 0.477 e. The average Bonchev–Trinajstić information content (AvgIpc) is 2.29. The fourth-order valence-corrected chi connectivity index (χ4v) is 2.22. The van der Waals surface area contributed by atoms with Crippen LogP contribution in [0.5, 0.6) is 0 Å². The summed E-state index contributed by atoms with van der Waals surface area (Å²) in [7, 11) is 0. The Morgan fingerprint density at radius 1 is 1.44 bits per heavy atom. The quantitative estimate of drug-likeness (QED) is 0.783. The molecule has 16 heavy (non-hydrogen) atoms. The molecular formula is C12H11NO2S. The summed E-state index contributed by atoms with van der Waals surface area (Å²) in [5.41, 5.74) is 1.66. The fraction of sp³-hybridized carbons (Fsp3) is 0.167. The van der Waals surface area contributed by atoms with E-state index in [2.05, 4.69) is 4.98 Å². The number of benzene rings is 1. The molecule has 1 aromatic carbocycles. The lowest BCUT2D eigenvalue weighted by Gasteiger charge is -2.07. The van der Waals surface area contributed by atoms with Crippen LogP contribution in [0, 0.1) is 4.51 Å². The van der Waals surface area contributed by atoms with Gasteiger partial charge in [-0.3, -0.25) is 0 Å². The Morgan fingerprint density at radius 3 is 2.75 bits per heavy atom. The molecule has 0 fully saturated rings. The number of nitrogens with one attached hydrogen (secondary N) is 1. The van der Waals surface area contributed by atoms with Crippen molar-refractivity contribution in [2.45, 2.75) is 13.3 Å². The Hall–Kier alpha value is -1.68. The second-order valence-electron chi connectivity index (χ2n) is 3.51. The maximum absolute atomic E-state index is 11.1. The predicted octanol–water partition coefficient (Wildman–Crippen LogP) is 3.16. The first-order chi connectivity index (χ1) is 7.65. The summed E-state index contributed by atoms with van der Waals surface area (Å²) in [6, 6.07) is 7.48. The first kappa shape index (κ1) is 10.8. The highest BCUT2D eigenvalue weighted by atomic mass is 32.1. The zero-order valence-electron chi connectivity index (χ0n) is 8.78. The summed E-state index contributed by atoms with van der Waals surface area (Å²) in [5.74, 6) is -0.964. The monoisotopic (exact) mass is 233 g/mol. The lowest BCUT2D eigenvalue weighted by atomic mass is 10.1. The van der Waals surface area contributed by atoms with Crippen molar-refractivity contribution in [1.29, 1.82) is 0 Å². The number of rotatable bonds is 2. The number of aromatic carboxylic acids is 1. The number of H-pyrrole nitrogens is 1. The summed E-state index contributed by atoms with van der Waals surface area (Å²) in [4.78, 5) is 14.0. The molecule has 82 valence electrons. The van der Waals surface area contributed by atoms with Crippen LogP contribution in [0.25, 0.3) is 10.9 Å². The van der Waals surface area contributed by atoms with Crippen LogP contribution in [-0.2, 0) is 6.42 Å². The van der Waals surface area contributed by atoms with Crippen LogP contribution in [0.15, 0.2) is 24.3 Å². The molecule has 2 N–H and O–H groups in total. The van der Waals surface area contributed by atoms with Crippen LogP contribution >= 0.6 is 12.2 Å². The summed E-state index contributed by atoms with van der Waals surface area (Å²) >= 11 is 5.32. The first-order valence-corrected chi connectivity index (χ1v) is 5.43. The SMILES string of the molecule is CCc1c(C(=O)O)[nH]c2ccccc2c1=S. The standard InChI is InChI=1S/C12H11NO2S/c1-2-7-10(12(14)15)13-9-6-4-3-5-8(9)11(7)16/h3-6H,2H2,1H3,(H,13,16)(H,14,15). The molecule has 0 aliphatic heterocycles. The van der Waals surface area contributed by atoms with E-state index in [1.165, 1.54) is 0 Å². The van der Waals surface area contributed by atoms with Gasteiger partial charge in [0.15, 0.2) is 0 Å². The molecule has 1 aromatic heterocycles. The number of fused-ring (bicyclic) bond motifs is 1. The van der Waals surface area contributed by atoms with Gasteiger partial charge >= 0.3 is 5.97 Å². The molecule has 0 aliphatic rings. The van der Waals surface area contributed by atoms with Gasteiger partial charge in [0.25, 0.3) is 0 Å². The van der Waals surface area contributed by atoms with Gasteiger partial charge in [0.05, 0.1) is 4.51 Å². The topological polar surface area (TPSA) is 53.1 Å². The Bertz CT molecular complexity index is 616. The average molecular weight is 233 g/mol. The molecule has 0 spiro atoms. The highest BCUT2D eigenvalue weighted by molar-refractivity contribution is 7.71. The second-order valence-corrected chi connectivity index (χ2v) is 3.92. The molecule has 2 rings (SSSR count). The zero-order valence-corrected chi connectivity index (χ0v) is 9.60. The van der Waals surface area contributed by atoms with Crippen molar-refractivity contribution in [3.8, 4) is 0 Å². The van der Waals surface area contributed by atoms with Crippen molar-refractivity contribution in [3.05, 3.63) is 40.0 Å². The zero-order chi connectivity index (χ0) is 11.7. The predicted molar refractivity (Wildman–Crippen MR) is 65.5 cm³/mol. The Morgan fingerprint density at radius 2 is 2.12 bits per heavy atom. The molecule has 0 saturated carbocycles. The van der Waals surface area contributed by atoms with E-state index in [1.54, 1.807) is 0 Å². The number of hydrogen-bond donors (Lipinski definition) is 2. The maximum atomic E-state index is 11.1. The van der Waals surface area contributed by atoms with E-state index >= 15 is 0 Å². The van der Waals surface area contributed by atoms with Crippen LogP contribution in [0.3, 0.4) is 0 Å².